The van der Waals surface area contributed by atoms with Crippen LogP contribution in [0.5, 0.6) is 11.5 Å². The molecule has 2 amide bonds. The molecular weight excluding hydrogens is 384 g/mol. The van der Waals surface area contributed by atoms with Crippen molar-refractivity contribution in [2.24, 2.45) is 5.92 Å². The number of carbonyl (C=O) groups excluding carboxylic acids is 2. The molecule has 0 saturated heterocycles. The summed E-state index contributed by atoms with van der Waals surface area (Å²) in [7, 11) is 4.92. The third kappa shape index (κ3) is 4.74. The van der Waals surface area contributed by atoms with Crippen molar-refractivity contribution in [3.8, 4) is 11.5 Å². The number of hydrogen-bond acceptors (Lipinski definition) is 5. The first-order valence-electron chi connectivity index (χ1n) is 9.89. The second-order valence-electron chi connectivity index (χ2n) is 7.40. The van der Waals surface area contributed by atoms with Crippen molar-refractivity contribution < 1.29 is 23.8 Å². The van der Waals surface area contributed by atoms with Crippen LogP contribution in [0.2, 0.25) is 0 Å². The summed E-state index contributed by atoms with van der Waals surface area (Å²) in [6.07, 6.45) is 0.565. The summed E-state index contributed by atoms with van der Waals surface area (Å²) in [5, 5.41) is 2.97. The number of rotatable bonds is 7. The van der Waals surface area contributed by atoms with Gasteiger partial charge in [-0.1, -0.05) is 18.2 Å². The van der Waals surface area contributed by atoms with Crippen LogP contribution in [0.3, 0.4) is 0 Å². The predicted molar refractivity (Wildman–Crippen MR) is 114 cm³/mol. The SMILES string of the molecule is COCCN(C)C(=O)c1ccc(C)c(NC(=O)C2COc3c(cccc3OC)C2)c1. The monoisotopic (exact) mass is 412 g/mol. The molecule has 1 aliphatic heterocycles. The van der Waals surface area contributed by atoms with Gasteiger partial charge in [0.05, 0.1) is 19.6 Å². The number of fused-ring (bicyclic) bond motifs is 1. The molecule has 2 aromatic carbocycles. The van der Waals surface area contributed by atoms with E-state index in [1.165, 1.54) is 0 Å². The smallest absolute Gasteiger partial charge is 0.253 e. The molecule has 160 valence electrons. The van der Waals surface area contributed by atoms with E-state index in [-0.39, 0.29) is 24.3 Å². The lowest BCUT2D eigenvalue weighted by molar-refractivity contribution is -0.121. The summed E-state index contributed by atoms with van der Waals surface area (Å²) in [6.45, 7) is 3.13. The van der Waals surface area contributed by atoms with E-state index in [2.05, 4.69) is 5.32 Å². The normalized spacial score (nSPS) is 15.0. The quantitative estimate of drug-likeness (QED) is 0.757. The van der Waals surface area contributed by atoms with Crippen molar-refractivity contribution >= 4 is 17.5 Å². The standard InChI is InChI=1S/C23H28N2O5/c1-15-8-9-17(23(27)25(2)10-11-28-3)13-19(15)24-22(26)18-12-16-6-5-7-20(29-4)21(16)30-14-18/h5-9,13,18H,10-12,14H2,1-4H3,(H,24,26). The first-order valence-corrected chi connectivity index (χ1v) is 9.89. The lowest BCUT2D eigenvalue weighted by Gasteiger charge is -2.26. The Kier molecular flexibility index (Phi) is 6.95. The van der Waals surface area contributed by atoms with Gasteiger partial charge in [0.1, 0.15) is 6.61 Å². The zero-order valence-electron chi connectivity index (χ0n) is 17.9. The van der Waals surface area contributed by atoms with Crippen molar-refractivity contribution in [2.45, 2.75) is 13.3 Å². The summed E-state index contributed by atoms with van der Waals surface area (Å²) in [4.78, 5) is 27.1. The molecule has 1 unspecified atom stereocenters. The molecule has 1 atom stereocenters. The van der Waals surface area contributed by atoms with E-state index in [0.717, 1.165) is 11.1 Å². The molecule has 7 nitrogen and oxygen atoms in total. The fourth-order valence-electron chi connectivity index (χ4n) is 3.40. The summed E-state index contributed by atoms with van der Waals surface area (Å²) in [5.74, 6) is 0.791. The van der Waals surface area contributed by atoms with Gasteiger partial charge in [-0.05, 0) is 42.7 Å². The second kappa shape index (κ2) is 9.63. The summed E-state index contributed by atoms with van der Waals surface area (Å²) in [5.41, 5.74) is 2.98. The van der Waals surface area contributed by atoms with Crippen LogP contribution in [0, 0.1) is 12.8 Å². The molecular formula is C23H28N2O5. The third-order valence-corrected chi connectivity index (χ3v) is 5.27. The fraction of sp³-hybridized carbons (Fsp3) is 0.391. The molecule has 0 aliphatic carbocycles. The van der Waals surface area contributed by atoms with E-state index in [1.54, 1.807) is 38.3 Å². The molecule has 3 rings (SSSR count). The minimum atomic E-state index is -0.326. The lowest BCUT2D eigenvalue weighted by Crippen LogP contribution is -2.33. The summed E-state index contributed by atoms with van der Waals surface area (Å²) in [6, 6.07) is 11.0. The molecule has 1 N–H and O–H groups in total. The summed E-state index contributed by atoms with van der Waals surface area (Å²) >= 11 is 0. The van der Waals surface area contributed by atoms with E-state index in [1.807, 2.05) is 31.2 Å². The Bertz CT molecular complexity index is 928. The highest BCUT2D eigenvalue weighted by Crippen LogP contribution is 2.36. The van der Waals surface area contributed by atoms with Crippen LogP contribution in [-0.4, -0.2) is 57.7 Å². The Hall–Kier alpha value is -3.06. The van der Waals surface area contributed by atoms with Gasteiger partial charge in [0.25, 0.3) is 5.91 Å². The Labute approximate surface area is 176 Å². The molecule has 7 heteroatoms. The average molecular weight is 412 g/mol. The first kappa shape index (κ1) is 21.6. The van der Waals surface area contributed by atoms with Crippen molar-refractivity contribution in [3.63, 3.8) is 0 Å². The highest BCUT2D eigenvalue weighted by Gasteiger charge is 2.28. The van der Waals surface area contributed by atoms with Gasteiger partial charge >= 0.3 is 0 Å². The fourth-order valence-corrected chi connectivity index (χ4v) is 3.40. The number of anilines is 1. The third-order valence-electron chi connectivity index (χ3n) is 5.27. The van der Waals surface area contributed by atoms with E-state index in [9.17, 15) is 9.59 Å². The van der Waals surface area contributed by atoms with Crippen LogP contribution in [-0.2, 0) is 16.0 Å². The van der Waals surface area contributed by atoms with Crippen LogP contribution in [0.25, 0.3) is 0 Å². The largest absolute Gasteiger partial charge is 0.493 e. The molecule has 0 aromatic heterocycles. The topological polar surface area (TPSA) is 77.1 Å². The lowest BCUT2D eigenvalue weighted by atomic mass is 9.95. The predicted octanol–water partition coefficient (Wildman–Crippen LogP) is 2.91. The minimum absolute atomic E-state index is 0.121. The molecule has 30 heavy (non-hydrogen) atoms. The maximum absolute atomic E-state index is 12.9. The van der Waals surface area contributed by atoms with Crippen molar-refractivity contribution in [1.29, 1.82) is 0 Å². The van der Waals surface area contributed by atoms with Gasteiger partial charge in [-0.25, -0.2) is 0 Å². The molecule has 0 radical (unpaired) electrons. The van der Waals surface area contributed by atoms with Crippen molar-refractivity contribution in [1.82, 2.24) is 4.90 Å². The second-order valence-corrected chi connectivity index (χ2v) is 7.40. The van der Waals surface area contributed by atoms with E-state index >= 15 is 0 Å². The Morgan fingerprint density at radius 3 is 2.77 bits per heavy atom. The Balaban J connectivity index is 1.71. The highest BCUT2D eigenvalue weighted by molar-refractivity contribution is 5.98. The molecule has 0 fully saturated rings. The van der Waals surface area contributed by atoms with Crippen molar-refractivity contribution in [2.75, 3.05) is 46.3 Å². The summed E-state index contributed by atoms with van der Waals surface area (Å²) < 4.78 is 16.2. The van der Waals surface area contributed by atoms with Gasteiger partial charge in [0, 0.05) is 32.0 Å². The van der Waals surface area contributed by atoms with Crippen LogP contribution in [0.4, 0.5) is 5.69 Å². The van der Waals surface area contributed by atoms with Crippen LogP contribution in [0.15, 0.2) is 36.4 Å². The van der Waals surface area contributed by atoms with Gasteiger partial charge in [0.2, 0.25) is 5.91 Å². The zero-order chi connectivity index (χ0) is 21.7. The minimum Gasteiger partial charge on any atom is -0.493 e. The van der Waals surface area contributed by atoms with E-state index < -0.39 is 0 Å². The molecule has 0 saturated carbocycles. The first-order chi connectivity index (χ1) is 14.4. The Morgan fingerprint density at radius 2 is 2.03 bits per heavy atom. The number of methoxy groups -OCH3 is 2. The van der Waals surface area contributed by atoms with Gasteiger partial charge in [-0.2, -0.15) is 0 Å². The number of hydrogen-bond donors (Lipinski definition) is 1. The van der Waals surface area contributed by atoms with Crippen LogP contribution >= 0.6 is 0 Å². The number of amides is 2. The van der Waals surface area contributed by atoms with Crippen LogP contribution in [0.1, 0.15) is 21.5 Å². The molecule has 1 heterocycles. The average Bonchev–Trinajstić information content (AvgIpc) is 2.77. The van der Waals surface area contributed by atoms with Gasteiger partial charge in [-0.15, -0.1) is 0 Å². The number of likely N-dealkylation sites (N-methyl/N-ethyl adjacent to an activating group) is 1. The number of nitrogens with zero attached hydrogens (tertiary/aromatic N) is 1. The number of para-hydroxylation sites is 1. The molecule has 0 bridgehead atoms. The zero-order valence-corrected chi connectivity index (χ0v) is 17.9. The maximum atomic E-state index is 12.9. The number of aryl methyl sites for hydroxylation is 1. The van der Waals surface area contributed by atoms with Crippen molar-refractivity contribution in [3.05, 3.63) is 53.1 Å². The van der Waals surface area contributed by atoms with E-state index in [0.29, 0.717) is 42.3 Å². The van der Waals surface area contributed by atoms with Gasteiger partial charge < -0.3 is 24.4 Å². The number of ether oxygens (including phenoxy) is 3. The number of benzene rings is 2. The van der Waals surface area contributed by atoms with Crippen LogP contribution < -0.4 is 14.8 Å². The molecule has 0 spiro atoms. The maximum Gasteiger partial charge on any atom is 0.253 e. The highest BCUT2D eigenvalue weighted by atomic mass is 16.5. The van der Waals surface area contributed by atoms with Gasteiger partial charge in [0.15, 0.2) is 11.5 Å². The van der Waals surface area contributed by atoms with E-state index in [4.69, 9.17) is 14.2 Å². The molecule has 1 aliphatic rings. The Morgan fingerprint density at radius 1 is 1.23 bits per heavy atom. The van der Waals surface area contributed by atoms with Gasteiger partial charge in [-0.3, -0.25) is 9.59 Å². The molecule has 2 aromatic rings. The number of nitrogens with one attached hydrogen (secondary N) is 1. The number of carbonyl (C=O) groups is 2.